The SMILES string of the molecule is CC(=O)O.CCOC(=O)/C(C(N)=O)=C(/O)c1cnccn1. The Labute approximate surface area is 120 Å². The molecule has 0 spiro atoms. The van der Waals surface area contributed by atoms with E-state index in [4.69, 9.17) is 15.6 Å². The molecular weight excluding hydrogens is 282 g/mol. The normalized spacial score (nSPS) is 10.6. The topological polar surface area (TPSA) is 153 Å². The molecule has 0 fully saturated rings. The van der Waals surface area contributed by atoms with Crippen molar-refractivity contribution in [1.29, 1.82) is 0 Å². The van der Waals surface area contributed by atoms with Crippen molar-refractivity contribution in [2.45, 2.75) is 13.8 Å². The van der Waals surface area contributed by atoms with E-state index in [-0.39, 0.29) is 12.3 Å². The molecule has 9 heteroatoms. The van der Waals surface area contributed by atoms with Crippen LogP contribution in [0, 0.1) is 0 Å². The quantitative estimate of drug-likeness (QED) is 0.229. The Hall–Kier alpha value is -2.97. The predicted octanol–water partition coefficient (Wildman–Crippen LogP) is -0.115. The summed E-state index contributed by atoms with van der Waals surface area (Å²) >= 11 is 0. The summed E-state index contributed by atoms with van der Waals surface area (Å²) < 4.78 is 4.60. The third kappa shape index (κ3) is 6.66. The number of primary amides is 1. The molecule has 0 aliphatic rings. The molecule has 1 aromatic rings. The maximum atomic E-state index is 11.4. The van der Waals surface area contributed by atoms with Crippen molar-refractivity contribution in [2.75, 3.05) is 6.61 Å². The van der Waals surface area contributed by atoms with Gasteiger partial charge in [-0.25, -0.2) is 9.78 Å². The van der Waals surface area contributed by atoms with Crippen LogP contribution in [0.2, 0.25) is 0 Å². The van der Waals surface area contributed by atoms with E-state index in [0.29, 0.717) is 0 Å². The van der Waals surface area contributed by atoms with Crippen molar-refractivity contribution in [3.63, 3.8) is 0 Å². The largest absolute Gasteiger partial charge is 0.505 e. The van der Waals surface area contributed by atoms with Gasteiger partial charge in [-0.2, -0.15) is 0 Å². The van der Waals surface area contributed by atoms with Gasteiger partial charge in [0.1, 0.15) is 5.69 Å². The highest BCUT2D eigenvalue weighted by molar-refractivity contribution is 6.20. The van der Waals surface area contributed by atoms with E-state index in [1.54, 1.807) is 6.92 Å². The van der Waals surface area contributed by atoms with Crippen LogP contribution in [0.5, 0.6) is 0 Å². The number of hydrogen-bond donors (Lipinski definition) is 3. The van der Waals surface area contributed by atoms with Gasteiger partial charge in [-0.05, 0) is 6.92 Å². The lowest BCUT2D eigenvalue weighted by atomic mass is 10.2. The first-order chi connectivity index (χ1) is 9.81. The maximum absolute atomic E-state index is 11.4. The number of rotatable bonds is 4. The molecule has 21 heavy (non-hydrogen) atoms. The van der Waals surface area contributed by atoms with Gasteiger partial charge in [-0.1, -0.05) is 0 Å². The molecule has 9 nitrogen and oxygen atoms in total. The summed E-state index contributed by atoms with van der Waals surface area (Å²) in [6.07, 6.45) is 3.87. The first kappa shape index (κ1) is 18.0. The van der Waals surface area contributed by atoms with Crippen molar-refractivity contribution in [1.82, 2.24) is 9.97 Å². The number of carboxylic acid groups (broad SMARTS) is 1. The van der Waals surface area contributed by atoms with Gasteiger partial charge in [-0.15, -0.1) is 0 Å². The van der Waals surface area contributed by atoms with E-state index in [1.807, 2.05) is 0 Å². The van der Waals surface area contributed by atoms with Crippen molar-refractivity contribution < 1.29 is 29.3 Å². The van der Waals surface area contributed by atoms with E-state index in [1.165, 1.54) is 18.6 Å². The van der Waals surface area contributed by atoms with E-state index < -0.39 is 29.2 Å². The fourth-order valence-electron chi connectivity index (χ4n) is 1.07. The van der Waals surface area contributed by atoms with Crippen molar-refractivity contribution in [3.8, 4) is 0 Å². The Kier molecular flexibility index (Phi) is 7.74. The Morgan fingerprint density at radius 1 is 1.29 bits per heavy atom. The monoisotopic (exact) mass is 297 g/mol. The molecule has 1 rings (SSSR count). The second-order valence-corrected chi connectivity index (χ2v) is 3.42. The number of aromatic nitrogens is 2. The highest BCUT2D eigenvalue weighted by Gasteiger charge is 2.24. The third-order valence-electron chi connectivity index (χ3n) is 1.77. The molecule has 0 unspecified atom stereocenters. The molecular formula is C12H15N3O6. The molecule has 1 amide bonds. The second-order valence-electron chi connectivity index (χ2n) is 3.42. The molecule has 0 saturated heterocycles. The number of nitrogens with two attached hydrogens (primary N) is 1. The number of aliphatic carboxylic acids is 1. The van der Waals surface area contributed by atoms with Crippen LogP contribution >= 0.6 is 0 Å². The van der Waals surface area contributed by atoms with Gasteiger partial charge < -0.3 is 20.7 Å². The van der Waals surface area contributed by atoms with Crippen molar-refractivity contribution >= 4 is 23.6 Å². The molecule has 114 valence electrons. The maximum Gasteiger partial charge on any atom is 0.347 e. The molecule has 1 heterocycles. The minimum absolute atomic E-state index is 0.0330. The van der Waals surface area contributed by atoms with E-state index in [9.17, 15) is 14.7 Å². The van der Waals surface area contributed by atoms with Crippen molar-refractivity contribution in [3.05, 3.63) is 29.9 Å². The number of esters is 1. The number of ether oxygens (including phenoxy) is 1. The minimum Gasteiger partial charge on any atom is -0.505 e. The molecule has 0 bridgehead atoms. The smallest absolute Gasteiger partial charge is 0.347 e. The summed E-state index contributed by atoms with van der Waals surface area (Å²) in [5.41, 5.74) is 4.32. The molecule has 1 aromatic heterocycles. The highest BCUT2D eigenvalue weighted by Crippen LogP contribution is 2.13. The molecule has 0 aromatic carbocycles. The number of nitrogens with zero attached hydrogens (tertiary/aromatic N) is 2. The third-order valence-corrected chi connectivity index (χ3v) is 1.77. The van der Waals surface area contributed by atoms with Gasteiger partial charge >= 0.3 is 5.97 Å². The van der Waals surface area contributed by atoms with Crippen LogP contribution in [-0.4, -0.2) is 44.6 Å². The number of aliphatic hydroxyl groups excluding tert-OH is 1. The standard InChI is InChI=1S/C10H11N3O4.C2H4O2/c1-2-17-10(16)7(9(11)15)8(14)6-5-12-3-4-13-6;1-2(3)4/h3-5,14H,2H2,1H3,(H2,11,15);1H3,(H,3,4)/b8-7+;. The van der Waals surface area contributed by atoms with Gasteiger partial charge in [0, 0.05) is 19.3 Å². The molecule has 4 N–H and O–H groups in total. The number of amides is 1. The summed E-state index contributed by atoms with van der Waals surface area (Å²) in [5, 5.41) is 17.1. The lowest BCUT2D eigenvalue weighted by Gasteiger charge is -2.06. The van der Waals surface area contributed by atoms with Crippen LogP contribution < -0.4 is 5.73 Å². The Bertz CT molecular complexity index is 537. The predicted molar refractivity (Wildman–Crippen MR) is 70.7 cm³/mol. The zero-order chi connectivity index (χ0) is 16.4. The number of carbonyl (C=O) groups is 3. The molecule has 0 atom stereocenters. The van der Waals surface area contributed by atoms with Crippen LogP contribution in [0.1, 0.15) is 19.5 Å². The summed E-state index contributed by atoms with van der Waals surface area (Å²) in [4.78, 5) is 38.9. The second kappa shape index (κ2) is 9.02. The lowest BCUT2D eigenvalue weighted by molar-refractivity contribution is -0.140. The summed E-state index contributed by atoms with van der Waals surface area (Å²) in [5.74, 6) is -3.57. The number of aliphatic hydroxyl groups is 1. The molecule has 0 aliphatic carbocycles. The Balaban J connectivity index is 0.000000885. The first-order valence-corrected chi connectivity index (χ1v) is 5.67. The average Bonchev–Trinajstić information content (AvgIpc) is 2.39. The van der Waals surface area contributed by atoms with Crippen LogP contribution in [0.4, 0.5) is 0 Å². The van der Waals surface area contributed by atoms with Gasteiger partial charge in [0.2, 0.25) is 0 Å². The molecule has 0 saturated carbocycles. The van der Waals surface area contributed by atoms with Gasteiger partial charge in [0.15, 0.2) is 11.3 Å². The first-order valence-electron chi connectivity index (χ1n) is 5.67. The highest BCUT2D eigenvalue weighted by atomic mass is 16.5. The number of carboxylic acids is 1. The Morgan fingerprint density at radius 2 is 1.86 bits per heavy atom. The summed E-state index contributed by atoms with van der Waals surface area (Å²) in [6, 6.07) is 0. The fourth-order valence-corrected chi connectivity index (χ4v) is 1.07. The average molecular weight is 297 g/mol. The van der Waals surface area contributed by atoms with Gasteiger partial charge in [0.05, 0.1) is 12.8 Å². The van der Waals surface area contributed by atoms with Crippen LogP contribution in [0.15, 0.2) is 24.2 Å². The van der Waals surface area contributed by atoms with Crippen molar-refractivity contribution in [2.24, 2.45) is 5.73 Å². The lowest BCUT2D eigenvalue weighted by Crippen LogP contribution is -2.24. The van der Waals surface area contributed by atoms with Crippen LogP contribution in [-0.2, 0) is 19.1 Å². The van der Waals surface area contributed by atoms with Crippen LogP contribution in [0.25, 0.3) is 5.76 Å². The van der Waals surface area contributed by atoms with E-state index in [0.717, 1.165) is 6.92 Å². The van der Waals surface area contributed by atoms with Gasteiger partial charge in [-0.3, -0.25) is 14.6 Å². The van der Waals surface area contributed by atoms with E-state index in [2.05, 4.69) is 14.7 Å². The minimum atomic E-state index is -1.09. The number of carbonyl (C=O) groups excluding carboxylic acids is 2. The zero-order valence-corrected chi connectivity index (χ0v) is 11.4. The zero-order valence-electron chi connectivity index (χ0n) is 11.4. The van der Waals surface area contributed by atoms with Crippen LogP contribution in [0.3, 0.4) is 0 Å². The van der Waals surface area contributed by atoms with Gasteiger partial charge in [0.25, 0.3) is 11.9 Å². The summed E-state index contributed by atoms with van der Waals surface area (Å²) in [7, 11) is 0. The molecule has 0 aliphatic heterocycles. The van der Waals surface area contributed by atoms with E-state index >= 15 is 0 Å². The molecule has 0 radical (unpaired) electrons. The summed E-state index contributed by atoms with van der Waals surface area (Å²) in [6.45, 7) is 2.71. The number of hydrogen-bond acceptors (Lipinski definition) is 7. The Morgan fingerprint density at radius 3 is 2.24 bits per heavy atom. The fraction of sp³-hybridized carbons (Fsp3) is 0.250.